The lowest BCUT2D eigenvalue weighted by Crippen LogP contribution is -2.45. The van der Waals surface area contributed by atoms with E-state index >= 15 is 0 Å². The largest absolute Gasteiger partial charge is 0.445 e. The van der Waals surface area contributed by atoms with Crippen molar-refractivity contribution in [3.05, 3.63) is 136 Å². The second-order valence-electron chi connectivity index (χ2n) is 23.3. The Morgan fingerprint density at radius 3 is 2.21 bits per heavy atom. The molecule has 1 aromatic heterocycles. The molecule has 0 radical (unpaired) electrons. The summed E-state index contributed by atoms with van der Waals surface area (Å²) in [7, 11) is 0. The molecule has 0 bridgehead atoms. The van der Waals surface area contributed by atoms with Crippen LogP contribution < -0.4 is 43.4 Å². The molecule has 3 aromatic carbocycles. The van der Waals surface area contributed by atoms with E-state index in [0.29, 0.717) is 104 Å². The van der Waals surface area contributed by atoms with Crippen molar-refractivity contribution in [1.29, 1.82) is 0 Å². The molecule has 0 unspecified atom stereocenters. The standard InChI is InChI=1S/C66H81F2N13O11/c1-5-27-80(6-2)63(89)48-30-45-19-20-47(32-53(45)77-55(69)34-48)62(88)76-51-31-49-37-79(29-25-52(49)72-35-51)36-42-13-17-44(18-14-42)60(86)73-39-66(67,68)40-74-65(91)92-38-43-15-21-50(22-16-43)75-61(87)46(11-10-26-71-64(70)90)33-54(82)59(41(3)4)78-56(83)12-8-7-9-28-81-57(84)23-24-58(81)85/h13-24,30-32,35,41,46,59H,5-12,25-29,33-34,36-40H2,1-4H3,(H2,69,77)(H,73,86)(H,74,91)(H,75,87)(H,76,88)(H,78,83)(H3,70,71,90)/t46-,59+/m1/s1. The smallest absolute Gasteiger partial charge is 0.407 e. The van der Waals surface area contributed by atoms with Gasteiger partial charge in [-0.2, -0.15) is 0 Å². The highest BCUT2D eigenvalue weighted by Gasteiger charge is 2.32. The van der Waals surface area contributed by atoms with Gasteiger partial charge in [-0.25, -0.2) is 23.4 Å². The molecule has 3 aliphatic heterocycles. The van der Waals surface area contributed by atoms with Crippen LogP contribution in [-0.2, 0) is 59.6 Å². The number of fused-ring (bicyclic) bond motifs is 2. The summed E-state index contributed by atoms with van der Waals surface area (Å²) in [5.74, 6) is -7.68. The number of aliphatic imine (C=N–C) groups is 1. The number of anilines is 2. The van der Waals surface area contributed by atoms with Crippen molar-refractivity contribution in [1.82, 2.24) is 41.0 Å². The summed E-state index contributed by atoms with van der Waals surface area (Å²) in [5.41, 5.74) is 17.6. The number of hydrogen-bond acceptors (Lipinski definition) is 15. The monoisotopic (exact) mass is 1270 g/mol. The number of alkyl halides is 2. The molecular weight excluding hydrogens is 1190 g/mol. The minimum atomic E-state index is -3.55. The van der Waals surface area contributed by atoms with Gasteiger partial charge in [0.05, 0.1) is 36.7 Å². The number of carbonyl (C=O) groups excluding carboxylic acids is 10. The van der Waals surface area contributed by atoms with Crippen molar-refractivity contribution in [3.8, 4) is 0 Å². The molecule has 92 heavy (non-hydrogen) atoms. The number of benzene rings is 3. The predicted octanol–water partition coefficient (Wildman–Crippen LogP) is 6.81. The van der Waals surface area contributed by atoms with E-state index in [4.69, 9.17) is 16.2 Å². The fourth-order valence-electron chi connectivity index (χ4n) is 10.7. The van der Waals surface area contributed by atoms with Gasteiger partial charge in [0.25, 0.3) is 29.6 Å². The zero-order valence-corrected chi connectivity index (χ0v) is 52.2. The number of Topliss-reactive ketones (excluding diaryl/α,β-unsaturated/α-hetero) is 1. The number of unbranched alkanes of at least 4 members (excludes halogenated alkanes) is 2. The van der Waals surface area contributed by atoms with Gasteiger partial charge in [-0.1, -0.05) is 57.5 Å². The first-order valence-corrected chi connectivity index (χ1v) is 30.9. The molecule has 10 N–H and O–H groups in total. The van der Waals surface area contributed by atoms with Crippen LogP contribution in [0.25, 0.3) is 6.08 Å². The molecule has 490 valence electrons. The average molecular weight is 1270 g/mol. The Morgan fingerprint density at radius 2 is 1.51 bits per heavy atom. The van der Waals surface area contributed by atoms with Gasteiger partial charge in [-0.05, 0) is 110 Å². The van der Waals surface area contributed by atoms with E-state index in [-0.39, 0.29) is 98.0 Å². The highest BCUT2D eigenvalue weighted by atomic mass is 19.3. The minimum Gasteiger partial charge on any atom is -0.445 e. The number of nitrogens with zero attached hydrogens (tertiary/aromatic N) is 5. The third-order valence-corrected chi connectivity index (χ3v) is 15.6. The van der Waals surface area contributed by atoms with Crippen molar-refractivity contribution in [3.63, 3.8) is 0 Å². The summed E-state index contributed by atoms with van der Waals surface area (Å²) >= 11 is 0. The van der Waals surface area contributed by atoms with Crippen molar-refractivity contribution in [2.24, 2.45) is 28.3 Å². The van der Waals surface area contributed by atoms with Gasteiger partial charge in [-0.3, -0.25) is 53.1 Å². The number of primary amides is 1. The number of nitrogens with two attached hydrogens (primary N) is 2. The number of halogens is 2. The number of hydrogen-bond donors (Lipinski definition) is 8. The van der Waals surface area contributed by atoms with Gasteiger partial charge < -0.3 is 53.0 Å². The maximum absolute atomic E-state index is 15.0. The van der Waals surface area contributed by atoms with Gasteiger partial charge in [0, 0.05) is 123 Å². The normalized spacial score (nSPS) is 14.4. The first-order chi connectivity index (χ1) is 44.0. The first kappa shape index (κ1) is 69.7. The number of imide groups is 1. The summed E-state index contributed by atoms with van der Waals surface area (Å²) in [6, 6.07) is 18.0. The molecule has 24 nitrogen and oxygen atoms in total. The Balaban J connectivity index is 0.814. The number of ketones is 1. The molecule has 0 fully saturated rings. The molecule has 4 heterocycles. The van der Waals surface area contributed by atoms with Gasteiger partial charge in [-0.15, -0.1) is 0 Å². The second-order valence-corrected chi connectivity index (χ2v) is 23.3. The van der Waals surface area contributed by atoms with Gasteiger partial charge in [0.15, 0.2) is 5.78 Å². The Kier molecular flexibility index (Phi) is 25.3. The first-order valence-electron chi connectivity index (χ1n) is 30.9. The number of likely N-dealkylation sites (N-methyl/N-ethyl adjacent to an activating group) is 1. The Morgan fingerprint density at radius 1 is 0.804 bits per heavy atom. The summed E-state index contributed by atoms with van der Waals surface area (Å²) in [4.78, 5) is 142. The van der Waals surface area contributed by atoms with E-state index in [1.54, 1.807) is 61.4 Å². The number of pyridine rings is 1. The lowest BCUT2D eigenvalue weighted by Gasteiger charge is -2.28. The van der Waals surface area contributed by atoms with Crippen LogP contribution in [0.1, 0.15) is 134 Å². The average Bonchev–Trinajstić information content (AvgIpc) is 1.38. The minimum absolute atomic E-state index is 0.0958. The summed E-state index contributed by atoms with van der Waals surface area (Å²) in [6.07, 6.45) is 8.24. The molecule has 0 saturated heterocycles. The van der Waals surface area contributed by atoms with E-state index in [2.05, 4.69) is 41.5 Å². The molecule has 0 spiro atoms. The number of ether oxygens (including phenoxy) is 1. The topological polar surface area (TPSA) is 339 Å². The van der Waals surface area contributed by atoms with E-state index < -0.39 is 54.9 Å². The fourth-order valence-corrected chi connectivity index (χ4v) is 10.7. The summed E-state index contributed by atoms with van der Waals surface area (Å²) in [5, 5.41) is 15.2. The van der Waals surface area contributed by atoms with Crippen LogP contribution in [0, 0.1) is 11.8 Å². The van der Waals surface area contributed by atoms with Crippen LogP contribution >= 0.6 is 0 Å². The number of nitrogens with one attached hydrogen (secondary N) is 6. The Hall–Kier alpha value is -9.72. The third kappa shape index (κ3) is 20.9. The molecule has 10 amide bonds. The molecule has 0 saturated carbocycles. The second kappa shape index (κ2) is 33.4. The number of urea groups is 1. The SMILES string of the molecule is CCCN(CC)C(=O)C1=Cc2ccc(C(=O)Nc3cnc4c(c3)CN(Cc3ccc(C(=O)NCC(F)(F)CNC(=O)OCc5ccc(NC(=O)[C@H](CCCNC(N)=O)CC(=O)[C@@H](NC(=O)CCCCCN6C(=O)C=CC6=O)C(C)C)cc5)cc3)CC4)cc2N=C(N)C1. The van der Waals surface area contributed by atoms with Crippen molar-refractivity contribution < 1.29 is 61.5 Å². The number of aromatic nitrogens is 1. The molecule has 3 aliphatic rings. The lowest BCUT2D eigenvalue weighted by atomic mass is 9.89. The van der Waals surface area contributed by atoms with Crippen molar-refractivity contribution in [2.75, 3.05) is 56.4 Å². The zero-order valence-electron chi connectivity index (χ0n) is 52.2. The van der Waals surface area contributed by atoms with E-state index in [0.717, 1.165) is 28.1 Å². The Labute approximate surface area is 532 Å². The number of amidine groups is 1. The highest BCUT2D eigenvalue weighted by Crippen LogP contribution is 2.30. The summed E-state index contributed by atoms with van der Waals surface area (Å²) < 4.78 is 35.1. The van der Waals surface area contributed by atoms with Crippen LogP contribution in [-0.4, -0.2) is 143 Å². The zero-order chi connectivity index (χ0) is 66.5. The van der Waals surface area contributed by atoms with Crippen LogP contribution in [0.3, 0.4) is 0 Å². The van der Waals surface area contributed by atoms with Crippen LogP contribution in [0.15, 0.2) is 102 Å². The number of rotatable bonds is 32. The molecule has 4 aromatic rings. The fraction of sp³-hybridized carbons (Fsp3) is 0.424. The van der Waals surface area contributed by atoms with Gasteiger partial charge in [0.1, 0.15) is 12.4 Å². The number of amides is 10. The van der Waals surface area contributed by atoms with Gasteiger partial charge >= 0.3 is 12.1 Å². The van der Waals surface area contributed by atoms with Crippen molar-refractivity contribution in [2.45, 2.75) is 124 Å². The maximum atomic E-state index is 15.0. The predicted molar refractivity (Wildman–Crippen MR) is 341 cm³/mol. The molecular formula is C66H81F2N13O11. The lowest BCUT2D eigenvalue weighted by molar-refractivity contribution is -0.137. The van der Waals surface area contributed by atoms with E-state index in [1.165, 1.54) is 48.6 Å². The number of carbonyl (C=O) groups is 10. The van der Waals surface area contributed by atoms with Crippen molar-refractivity contribution >= 4 is 88.2 Å². The molecule has 0 aliphatic carbocycles. The van der Waals surface area contributed by atoms with Crippen LogP contribution in [0.2, 0.25) is 0 Å². The van der Waals surface area contributed by atoms with Gasteiger partial charge in [0.2, 0.25) is 17.7 Å². The molecule has 7 rings (SSSR count). The number of alkyl carbamates (subject to hydrolysis) is 1. The maximum Gasteiger partial charge on any atom is 0.407 e. The molecule has 26 heteroatoms. The third-order valence-electron chi connectivity index (χ3n) is 15.6. The summed E-state index contributed by atoms with van der Waals surface area (Å²) in [6.45, 7) is 8.24. The molecule has 2 atom stereocenters. The van der Waals surface area contributed by atoms with E-state index in [1.807, 2.05) is 25.2 Å². The quantitative estimate of drug-likeness (QED) is 0.0184. The van der Waals surface area contributed by atoms with Crippen LogP contribution in [0.5, 0.6) is 0 Å². The van der Waals surface area contributed by atoms with E-state index in [9.17, 15) is 56.7 Å². The van der Waals surface area contributed by atoms with Crippen LogP contribution in [0.4, 0.5) is 35.4 Å². The Bertz CT molecular complexity index is 3450. The highest BCUT2D eigenvalue weighted by molar-refractivity contribution is 6.13.